The van der Waals surface area contributed by atoms with Crippen LogP contribution in [0.15, 0.2) is 85.4 Å². The van der Waals surface area contributed by atoms with Gasteiger partial charge in [-0.1, -0.05) is 73.3 Å². The fourth-order valence-corrected chi connectivity index (χ4v) is 4.57. The number of carboxylic acid groups (broad SMARTS) is 1. The number of aryl methyl sites for hydroxylation is 4. The summed E-state index contributed by atoms with van der Waals surface area (Å²) in [6.07, 6.45) is 6.39. The lowest BCUT2D eigenvalue weighted by Gasteiger charge is -2.11. The molecule has 4 aromatic rings. The van der Waals surface area contributed by atoms with E-state index in [4.69, 9.17) is 10.1 Å². The zero-order valence-electron chi connectivity index (χ0n) is 20.8. The van der Waals surface area contributed by atoms with Gasteiger partial charge in [0.2, 0.25) is 0 Å². The topological polar surface area (TPSA) is 67.2 Å². The Kier molecular flexibility index (Phi) is 8.92. The molecule has 3 aromatic carbocycles. The molecular weight excluding hydrogens is 446 g/mol. The largest absolute Gasteiger partial charge is 0.481 e. The van der Waals surface area contributed by atoms with Crippen LogP contribution in [0.5, 0.6) is 0 Å². The van der Waals surface area contributed by atoms with Crippen LogP contribution in [0.3, 0.4) is 0 Å². The number of carbonyl (C=O) groups is 1. The van der Waals surface area contributed by atoms with E-state index in [0.717, 1.165) is 73.2 Å². The predicted octanol–water partition coefficient (Wildman–Crippen LogP) is 6.27. The van der Waals surface area contributed by atoms with E-state index in [0.29, 0.717) is 6.54 Å². The summed E-state index contributed by atoms with van der Waals surface area (Å²) in [5.74, 6) is 0.305. The number of rotatable bonds is 14. The minimum atomic E-state index is -0.822. The zero-order valence-corrected chi connectivity index (χ0v) is 20.8. The van der Waals surface area contributed by atoms with E-state index in [9.17, 15) is 4.79 Å². The van der Waals surface area contributed by atoms with Crippen molar-refractivity contribution in [2.24, 2.45) is 0 Å². The Morgan fingerprint density at radius 3 is 2.19 bits per heavy atom. The van der Waals surface area contributed by atoms with Crippen molar-refractivity contribution in [2.45, 2.75) is 51.5 Å². The second-order valence-corrected chi connectivity index (χ2v) is 9.21. The molecule has 2 N–H and O–H groups in total. The summed E-state index contributed by atoms with van der Waals surface area (Å²) in [6.45, 7) is 5.39. The maximum Gasteiger partial charge on any atom is 0.305 e. The van der Waals surface area contributed by atoms with Gasteiger partial charge in [0.15, 0.2) is 0 Å². The average Bonchev–Trinajstić information content (AvgIpc) is 3.24. The van der Waals surface area contributed by atoms with Crippen molar-refractivity contribution in [1.29, 1.82) is 0 Å². The van der Waals surface area contributed by atoms with Gasteiger partial charge in [0.25, 0.3) is 0 Å². The van der Waals surface area contributed by atoms with Crippen LogP contribution < -0.4 is 5.32 Å². The van der Waals surface area contributed by atoms with Gasteiger partial charge >= 0.3 is 5.97 Å². The Hall–Kier alpha value is -3.86. The summed E-state index contributed by atoms with van der Waals surface area (Å²) in [6, 6.07) is 27.5. The molecular formula is C31H35N3O2. The number of aromatic nitrogens is 2. The molecule has 4 rings (SSSR count). The molecule has 0 fully saturated rings. The van der Waals surface area contributed by atoms with Crippen LogP contribution in [0, 0.1) is 0 Å². The Bertz CT molecular complexity index is 1280. The van der Waals surface area contributed by atoms with Crippen molar-refractivity contribution in [3.05, 3.63) is 108 Å². The van der Waals surface area contributed by atoms with Gasteiger partial charge < -0.3 is 15.0 Å². The van der Waals surface area contributed by atoms with Gasteiger partial charge in [0, 0.05) is 25.2 Å². The molecule has 0 aliphatic carbocycles. The smallest absolute Gasteiger partial charge is 0.305 e. The highest BCUT2D eigenvalue weighted by Crippen LogP contribution is 2.23. The molecule has 5 heteroatoms. The predicted molar refractivity (Wildman–Crippen MR) is 147 cm³/mol. The molecule has 0 unspecified atom stereocenters. The van der Waals surface area contributed by atoms with Gasteiger partial charge in [-0.25, -0.2) is 4.98 Å². The first-order valence-corrected chi connectivity index (χ1v) is 12.8. The minimum Gasteiger partial charge on any atom is -0.481 e. The summed E-state index contributed by atoms with van der Waals surface area (Å²) >= 11 is 0. The SMILES string of the molecule is C=C(NCCC(=O)O)c1ccc2c(c1)nc(CCCc1ccccc1)n2CCCCc1ccccc1. The average molecular weight is 482 g/mol. The number of imidazole rings is 1. The Morgan fingerprint density at radius 2 is 1.53 bits per heavy atom. The van der Waals surface area contributed by atoms with Crippen LogP contribution in [0.4, 0.5) is 0 Å². The van der Waals surface area contributed by atoms with E-state index in [1.807, 2.05) is 6.07 Å². The van der Waals surface area contributed by atoms with E-state index < -0.39 is 5.97 Å². The molecule has 0 bridgehead atoms. The summed E-state index contributed by atoms with van der Waals surface area (Å²) in [5.41, 5.74) is 6.51. The van der Waals surface area contributed by atoms with Crippen LogP contribution in [-0.2, 0) is 30.6 Å². The van der Waals surface area contributed by atoms with Crippen LogP contribution in [0.25, 0.3) is 16.7 Å². The number of hydrogen-bond acceptors (Lipinski definition) is 3. The first-order valence-electron chi connectivity index (χ1n) is 12.8. The number of hydrogen-bond donors (Lipinski definition) is 2. The third-order valence-electron chi connectivity index (χ3n) is 6.50. The second-order valence-electron chi connectivity index (χ2n) is 9.21. The fourth-order valence-electron chi connectivity index (χ4n) is 4.57. The summed E-state index contributed by atoms with van der Waals surface area (Å²) in [7, 11) is 0. The van der Waals surface area contributed by atoms with Crippen molar-refractivity contribution in [2.75, 3.05) is 6.54 Å². The van der Waals surface area contributed by atoms with Crippen molar-refractivity contribution < 1.29 is 9.90 Å². The number of benzene rings is 3. The number of fused-ring (bicyclic) bond motifs is 1. The van der Waals surface area contributed by atoms with Gasteiger partial charge in [-0.2, -0.15) is 0 Å². The number of nitrogens with one attached hydrogen (secondary N) is 1. The molecule has 0 saturated heterocycles. The first kappa shape index (κ1) is 25.2. The second kappa shape index (κ2) is 12.7. The molecule has 36 heavy (non-hydrogen) atoms. The number of nitrogens with zero attached hydrogens (tertiary/aromatic N) is 2. The van der Waals surface area contributed by atoms with Gasteiger partial charge in [-0.3, -0.25) is 4.79 Å². The van der Waals surface area contributed by atoms with Crippen molar-refractivity contribution in [1.82, 2.24) is 14.9 Å². The van der Waals surface area contributed by atoms with E-state index in [2.05, 4.69) is 89.3 Å². The molecule has 5 nitrogen and oxygen atoms in total. The molecule has 0 aliphatic rings. The van der Waals surface area contributed by atoms with E-state index >= 15 is 0 Å². The zero-order chi connectivity index (χ0) is 25.2. The highest BCUT2D eigenvalue weighted by molar-refractivity contribution is 5.81. The first-order chi connectivity index (χ1) is 17.6. The van der Waals surface area contributed by atoms with E-state index in [1.165, 1.54) is 11.1 Å². The lowest BCUT2D eigenvalue weighted by atomic mass is 10.1. The lowest BCUT2D eigenvalue weighted by Crippen LogP contribution is -2.16. The lowest BCUT2D eigenvalue weighted by molar-refractivity contribution is -0.136. The fraction of sp³-hybridized carbons (Fsp3) is 0.290. The van der Waals surface area contributed by atoms with Crippen LogP contribution in [-0.4, -0.2) is 27.2 Å². The maximum atomic E-state index is 10.8. The molecule has 1 aromatic heterocycles. The Labute approximate surface area is 213 Å². The van der Waals surface area contributed by atoms with E-state index in [1.54, 1.807) is 0 Å². The molecule has 1 heterocycles. The molecule has 0 atom stereocenters. The van der Waals surface area contributed by atoms with Crippen LogP contribution >= 0.6 is 0 Å². The van der Waals surface area contributed by atoms with Crippen molar-refractivity contribution in [3.8, 4) is 0 Å². The number of unbranched alkanes of at least 4 members (excludes halogenated alkanes) is 1. The van der Waals surface area contributed by atoms with Crippen molar-refractivity contribution in [3.63, 3.8) is 0 Å². The molecule has 0 amide bonds. The molecule has 0 saturated carbocycles. The highest BCUT2D eigenvalue weighted by atomic mass is 16.4. The monoisotopic (exact) mass is 481 g/mol. The van der Waals surface area contributed by atoms with Crippen LogP contribution in [0.2, 0.25) is 0 Å². The summed E-state index contributed by atoms with van der Waals surface area (Å²) in [4.78, 5) is 15.8. The molecule has 0 spiro atoms. The van der Waals surface area contributed by atoms with E-state index in [-0.39, 0.29) is 6.42 Å². The molecule has 0 radical (unpaired) electrons. The van der Waals surface area contributed by atoms with Gasteiger partial charge in [0.1, 0.15) is 5.82 Å². The van der Waals surface area contributed by atoms with Gasteiger partial charge in [0.05, 0.1) is 17.5 Å². The Balaban J connectivity index is 1.47. The number of aliphatic carboxylic acids is 1. The van der Waals surface area contributed by atoms with Crippen molar-refractivity contribution >= 4 is 22.7 Å². The standard InChI is InChI=1S/C31H35N3O2/c1-24(32-21-20-31(35)36)27-18-19-29-28(23-27)33-30(17-10-16-26-13-6-3-7-14-26)34(29)22-9-8-15-25-11-4-2-5-12-25/h2-7,11-14,18-19,23,32H,1,8-10,15-17,20-22H2,(H,35,36). The third kappa shape index (κ3) is 7.08. The molecule has 0 aliphatic heterocycles. The Morgan fingerprint density at radius 1 is 0.861 bits per heavy atom. The maximum absolute atomic E-state index is 10.8. The third-order valence-corrected chi connectivity index (χ3v) is 6.50. The van der Waals surface area contributed by atoms with Crippen LogP contribution in [0.1, 0.15) is 48.2 Å². The highest BCUT2D eigenvalue weighted by Gasteiger charge is 2.12. The summed E-state index contributed by atoms with van der Waals surface area (Å²) < 4.78 is 2.38. The quantitative estimate of drug-likeness (QED) is 0.208. The van der Waals surface area contributed by atoms with Gasteiger partial charge in [-0.15, -0.1) is 0 Å². The minimum absolute atomic E-state index is 0.0600. The molecule has 186 valence electrons. The normalized spacial score (nSPS) is 11.0. The van der Waals surface area contributed by atoms with Gasteiger partial charge in [-0.05, 0) is 60.9 Å². The summed E-state index contributed by atoms with van der Waals surface area (Å²) in [5, 5.41) is 12.0. The number of carboxylic acids is 1.